The van der Waals surface area contributed by atoms with Gasteiger partial charge in [0.2, 0.25) is 21.7 Å². The predicted molar refractivity (Wildman–Crippen MR) is 94.6 cm³/mol. The van der Waals surface area contributed by atoms with Crippen LogP contribution in [-0.2, 0) is 20.8 Å². The Kier molecular flexibility index (Phi) is 6.16. The molecule has 2 rings (SSSR count). The molecule has 0 bridgehead atoms. The van der Waals surface area contributed by atoms with Crippen molar-refractivity contribution in [3.63, 3.8) is 0 Å². The number of aliphatic hydroxyl groups excluding tert-OH is 1. The molecule has 1 heterocycles. The third-order valence-electron chi connectivity index (χ3n) is 3.70. The van der Waals surface area contributed by atoms with Crippen LogP contribution in [0.5, 0.6) is 0 Å². The number of benzene rings is 1. The highest BCUT2D eigenvalue weighted by molar-refractivity contribution is 7.93. The van der Waals surface area contributed by atoms with Crippen molar-refractivity contribution in [3.8, 4) is 0 Å². The smallest absolute Gasteiger partial charge is 0.396 e. The Bertz CT molecular complexity index is 1020. The van der Waals surface area contributed by atoms with Crippen LogP contribution in [0.3, 0.4) is 0 Å². The number of aliphatic hydroxyl groups is 1. The fourth-order valence-corrected chi connectivity index (χ4v) is 4.76. The summed E-state index contributed by atoms with van der Waals surface area (Å²) in [7, 11) is -4.36. The molecule has 2 aromatic rings. The number of nitrogens with one attached hydrogen (secondary N) is 1. The first-order valence-electron chi connectivity index (χ1n) is 7.64. The topological polar surface area (TPSA) is 127 Å². The first-order valence-corrected chi connectivity index (χ1v) is 10.0. The van der Waals surface area contributed by atoms with Gasteiger partial charge in [-0.05, 0) is 24.3 Å². The van der Waals surface area contributed by atoms with E-state index in [-0.39, 0.29) is 9.77 Å². The summed E-state index contributed by atoms with van der Waals surface area (Å²) < 4.78 is 64.4. The molecule has 152 valence electrons. The Morgan fingerprint density at radius 1 is 1.29 bits per heavy atom. The van der Waals surface area contributed by atoms with E-state index in [0.29, 0.717) is 23.5 Å². The van der Waals surface area contributed by atoms with Gasteiger partial charge >= 0.3 is 6.18 Å². The van der Waals surface area contributed by atoms with Gasteiger partial charge in [0.1, 0.15) is 4.21 Å². The molecule has 0 saturated heterocycles. The molecule has 0 spiro atoms. The number of alkyl halides is 3. The summed E-state index contributed by atoms with van der Waals surface area (Å²) in [5, 5.41) is 12.3. The standard InChI is InChI=1S/C16H15F3N2O5S2/c1-8(6-22)15(24)21-11-5-10(16(17,18)19)2-3-12(11)28(25,26)13-4-9(7-27-13)14(20)23/h2-5,7-8,22H,6H2,1H3,(H2,20,23)(H,21,24). The number of hydrogen-bond donors (Lipinski definition) is 3. The van der Waals surface area contributed by atoms with Gasteiger partial charge in [-0.1, -0.05) is 6.92 Å². The summed E-state index contributed by atoms with van der Waals surface area (Å²) in [6, 6.07) is 2.79. The lowest BCUT2D eigenvalue weighted by Crippen LogP contribution is -2.24. The zero-order valence-electron chi connectivity index (χ0n) is 14.3. The number of nitrogens with two attached hydrogens (primary N) is 1. The zero-order chi connectivity index (χ0) is 21.3. The van der Waals surface area contributed by atoms with Gasteiger partial charge in [-0.25, -0.2) is 8.42 Å². The summed E-state index contributed by atoms with van der Waals surface area (Å²) in [6.45, 7) is 0.731. The SMILES string of the molecule is CC(CO)C(=O)Nc1cc(C(F)(F)F)ccc1S(=O)(=O)c1cc(C(N)=O)cs1. The van der Waals surface area contributed by atoms with Crippen LogP contribution in [0, 0.1) is 5.92 Å². The van der Waals surface area contributed by atoms with E-state index in [1.165, 1.54) is 12.3 Å². The van der Waals surface area contributed by atoms with E-state index < -0.39 is 56.5 Å². The van der Waals surface area contributed by atoms with E-state index in [1.807, 2.05) is 0 Å². The number of sulfone groups is 1. The number of anilines is 1. The molecule has 1 atom stereocenters. The minimum absolute atomic E-state index is 0.0741. The van der Waals surface area contributed by atoms with Crippen LogP contribution in [0.25, 0.3) is 0 Å². The van der Waals surface area contributed by atoms with Crippen molar-refractivity contribution in [2.75, 3.05) is 11.9 Å². The first kappa shape index (κ1) is 21.9. The number of hydrogen-bond acceptors (Lipinski definition) is 6. The minimum Gasteiger partial charge on any atom is -0.396 e. The maximum atomic E-state index is 13.0. The third kappa shape index (κ3) is 4.51. The second kappa shape index (κ2) is 7.89. The van der Waals surface area contributed by atoms with Gasteiger partial charge in [0.25, 0.3) is 0 Å². The molecule has 0 fully saturated rings. The van der Waals surface area contributed by atoms with E-state index in [9.17, 15) is 31.2 Å². The highest BCUT2D eigenvalue weighted by Gasteiger charge is 2.33. The molecule has 0 radical (unpaired) electrons. The van der Waals surface area contributed by atoms with Crippen molar-refractivity contribution in [3.05, 3.63) is 40.8 Å². The van der Waals surface area contributed by atoms with Crippen LogP contribution in [0.1, 0.15) is 22.8 Å². The summed E-state index contributed by atoms with van der Waals surface area (Å²) in [5.74, 6) is -2.70. The van der Waals surface area contributed by atoms with E-state index in [4.69, 9.17) is 10.8 Å². The average Bonchev–Trinajstić information content (AvgIpc) is 3.11. The molecule has 4 N–H and O–H groups in total. The van der Waals surface area contributed by atoms with Crippen LogP contribution in [-0.4, -0.2) is 31.9 Å². The van der Waals surface area contributed by atoms with E-state index in [1.54, 1.807) is 0 Å². The number of rotatable bonds is 6. The lowest BCUT2D eigenvalue weighted by Gasteiger charge is -2.16. The van der Waals surface area contributed by atoms with Crippen molar-refractivity contribution in [1.82, 2.24) is 0 Å². The maximum Gasteiger partial charge on any atom is 0.416 e. The largest absolute Gasteiger partial charge is 0.416 e. The maximum absolute atomic E-state index is 13.0. The van der Waals surface area contributed by atoms with Crippen molar-refractivity contribution in [2.45, 2.75) is 22.2 Å². The molecule has 2 amide bonds. The number of carbonyl (C=O) groups excluding carboxylic acids is 2. The van der Waals surface area contributed by atoms with Crippen LogP contribution in [0.4, 0.5) is 18.9 Å². The molecular weight excluding hydrogens is 421 g/mol. The Morgan fingerprint density at radius 2 is 1.93 bits per heavy atom. The molecule has 0 aliphatic heterocycles. The van der Waals surface area contributed by atoms with E-state index in [2.05, 4.69) is 5.32 Å². The highest BCUT2D eigenvalue weighted by atomic mass is 32.2. The van der Waals surface area contributed by atoms with Crippen LogP contribution >= 0.6 is 11.3 Å². The third-order valence-corrected chi connectivity index (χ3v) is 6.95. The number of halogens is 3. The molecule has 7 nitrogen and oxygen atoms in total. The number of thiophene rings is 1. The van der Waals surface area contributed by atoms with E-state index in [0.717, 1.165) is 12.1 Å². The van der Waals surface area contributed by atoms with Gasteiger partial charge in [0, 0.05) is 5.38 Å². The molecule has 28 heavy (non-hydrogen) atoms. The lowest BCUT2D eigenvalue weighted by atomic mass is 10.1. The van der Waals surface area contributed by atoms with Crippen molar-refractivity contribution in [2.24, 2.45) is 11.7 Å². The zero-order valence-corrected chi connectivity index (χ0v) is 15.9. The second-order valence-electron chi connectivity index (χ2n) is 5.80. The Hall–Kier alpha value is -2.44. The average molecular weight is 436 g/mol. The van der Waals surface area contributed by atoms with Gasteiger partial charge in [0.15, 0.2) is 0 Å². The fourth-order valence-electron chi connectivity index (χ4n) is 2.07. The minimum atomic E-state index is -4.77. The number of carbonyl (C=O) groups is 2. The Labute approximate surface area is 161 Å². The molecule has 0 saturated carbocycles. The molecule has 1 unspecified atom stereocenters. The van der Waals surface area contributed by atoms with Crippen molar-refractivity contribution in [1.29, 1.82) is 0 Å². The lowest BCUT2D eigenvalue weighted by molar-refractivity contribution is -0.137. The number of amides is 2. The van der Waals surface area contributed by atoms with Crippen LogP contribution < -0.4 is 11.1 Å². The Balaban J connectivity index is 2.60. The van der Waals surface area contributed by atoms with Gasteiger partial charge < -0.3 is 16.2 Å². The van der Waals surface area contributed by atoms with E-state index >= 15 is 0 Å². The molecule has 1 aromatic heterocycles. The van der Waals surface area contributed by atoms with Gasteiger partial charge in [-0.3, -0.25) is 9.59 Å². The number of primary amides is 1. The molecule has 1 aromatic carbocycles. The highest BCUT2D eigenvalue weighted by Crippen LogP contribution is 2.37. The molecule has 0 aliphatic rings. The van der Waals surface area contributed by atoms with Crippen LogP contribution in [0.2, 0.25) is 0 Å². The fraction of sp³-hybridized carbons (Fsp3) is 0.250. The Morgan fingerprint density at radius 3 is 2.43 bits per heavy atom. The molecule has 0 aliphatic carbocycles. The van der Waals surface area contributed by atoms with Gasteiger partial charge in [0.05, 0.1) is 34.2 Å². The van der Waals surface area contributed by atoms with Crippen molar-refractivity contribution >= 4 is 38.7 Å². The summed E-state index contributed by atoms with van der Waals surface area (Å²) in [6.07, 6.45) is -4.77. The predicted octanol–water partition coefficient (Wildman–Crippen LogP) is 2.27. The van der Waals surface area contributed by atoms with Gasteiger partial charge in [-0.15, -0.1) is 11.3 Å². The summed E-state index contributed by atoms with van der Waals surface area (Å²) >= 11 is 0.664. The normalized spacial score (nSPS) is 13.2. The summed E-state index contributed by atoms with van der Waals surface area (Å²) in [4.78, 5) is 22.6. The van der Waals surface area contributed by atoms with Crippen LogP contribution in [0.15, 0.2) is 38.8 Å². The van der Waals surface area contributed by atoms with Gasteiger partial charge in [-0.2, -0.15) is 13.2 Å². The van der Waals surface area contributed by atoms with Crippen molar-refractivity contribution < 1.29 is 36.3 Å². The molecular formula is C16H15F3N2O5S2. The second-order valence-corrected chi connectivity index (χ2v) is 8.86. The monoisotopic (exact) mass is 436 g/mol. The first-order chi connectivity index (χ1) is 12.9. The molecule has 12 heteroatoms. The quantitative estimate of drug-likeness (QED) is 0.640. The summed E-state index contributed by atoms with van der Waals surface area (Å²) in [5.41, 5.74) is 3.26.